The van der Waals surface area contributed by atoms with Crippen molar-refractivity contribution >= 4 is 23.2 Å². The highest BCUT2D eigenvalue weighted by Gasteiger charge is 2.19. The van der Waals surface area contributed by atoms with Gasteiger partial charge in [-0.05, 0) is 32.6 Å². The number of aryl methyl sites for hydroxylation is 1. The van der Waals surface area contributed by atoms with Crippen molar-refractivity contribution in [1.82, 2.24) is 10.3 Å². The van der Waals surface area contributed by atoms with Crippen molar-refractivity contribution in [3.8, 4) is 0 Å². The van der Waals surface area contributed by atoms with Crippen molar-refractivity contribution in [3.63, 3.8) is 0 Å². The maximum atomic E-state index is 12.0. The van der Waals surface area contributed by atoms with Gasteiger partial charge in [0.25, 0.3) is 0 Å². The molecule has 1 atom stereocenters. The predicted octanol–water partition coefficient (Wildman–Crippen LogP) is 3.69. The predicted molar refractivity (Wildman–Crippen MR) is 86.2 cm³/mol. The van der Waals surface area contributed by atoms with E-state index in [1.165, 1.54) is 25.7 Å². The lowest BCUT2D eigenvalue weighted by Crippen LogP contribution is -2.26. The molecular weight excluding hydrogens is 300 g/mol. The van der Waals surface area contributed by atoms with Crippen molar-refractivity contribution in [2.45, 2.75) is 64.8 Å². The third-order valence-corrected chi connectivity index (χ3v) is 5.57. The quantitative estimate of drug-likeness (QED) is 0.801. The number of aromatic nitrogens is 1. The van der Waals surface area contributed by atoms with E-state index in [4.69, 9.17) is 5.11 Å². The summed E-state index contributed by atoms with van der Waals surface area (Å²) in [4.78, 5) is 27.5. The normalized spacial score (nSPS) is 16.6. The Bertz CT molecular complexity index is 535. The van der Waals surface area contributed by atoms with Crippen LogP contribution in [-0.4, -0.2) is 22.0 Å². The fraction of sp³-hybridized carbons (Fsp3) is 0.688. The number of nitrogens with one attached hydrogen (secondary N) is 1. The van der Waals surface area contributed by atoms with E-state index >= 15 is 0 Å². The molecule has 1 aliphatic rings. The van der Waals surface area contributed by atoms with Gasteiger partial charge in [-0.2, -0.15) is 0 Å². The lowest BCUT2D eigenvalue weighted by molar-refractivity contribution is -0.121. The van der Waals surface area contributed by atoms with Gasteiger partial charge in [0.05, 0.1) is 11.7 Å². The van der Waals surface area contributed by atoms with Crippen molar-refractivity contribution in [1.29, 1.82) is 0 Å². The van der Waals surface area contributed by atoms with E-state index in [1.807, 2.05) is 6.92 Å². The van der Waals surface area contributed by atoms with Crippen LogP contribution >= 0.6 is 11.3 Å². The molecule has 0 spiro atoms. The molecule has 0 saturated heterocycles. The van der Waals surface area contributed by atoms with E-state index in [0.29, 0.717) is 17.1 Å². The number of carboxylic acids is 1. The zero-order valence-corrected chi connectivity index (χ0v) is 14.0. The van der Waals surface area contributed by atoms with E-state index in [2.05, 4.69) is 10.3 Å². The molecule has 1 amide bonds. The van der Waals surface area contributed by atoms with Gasteiger partial charge >= 0.3 is 5.97 Å². The van der Waals surface area contributed by atoms with Crippen LogP contribution in [0.25, 0.3) is 0 Å². The zero-order valence-electron chi connectivity index (χ0n) is 13.2. The smallest absolute Gasteiger partial charge is 0.347 e. The van der Waals surface area contributed by atoms with E-state index in [0.717, 1.165) is 30.1 Å². The minimum absolute atomic E-state index is 0.0234. The molecule has 2 rings (SSSR count). The first-order chi connectivity index (χ1) is 10.5. The van der Waals surface area contributed by atoms with Crippen LogP contribution in [0.5, 0.6) is 0 Å². The third-order valence-electron chi connectivity index (χ3n) is 4.25. The monoisotopic (exact) mass is 324 g/mol. The summed E-state index contributed by atoms with van der Waals surface area (Å²) in [5.41, 5.74) is 0.509. The van der Waals surface area contributed by atoms with Crippen LogP contribution in [0.2, 0.25) is 0 Å². The van der Waals surface area contributed by atoms with Gasteiger partial charge in [0, 0.05) is 6.42 Å². The summed E-state index contributed by atoms with van der Waals surface area (Å²) < 4.78 is 0. The van der Waals surface area contributed by atoms with Crippen LogP contribution in [0.3, 0.4) is 0 Å². The van der Waals surface area contributed by atoms with Crippen LogP contribution in [0.4, 0.5) is 0 Å². The molecule has 1 aromatic rings. The minimum atomic E-state index is -0.962. The Labute approximate surface area is 135 Å². The fourth-order valence-electron chi connectivity index (χ4n) is 3.03. The van der Waals surface area contributed by atoms with Gasteiger partial charge in [0.1, 0.15) is 9.88 Å². The number of rotatable bonds is 7. The van der Waals surface area contributed by atoms with Gasteiger partial charge in [-0.25, -0.2) is 9.78 Å². The average Bonchev–Trinajstić information content (AvgIpc) is 3.08. The van der Waals surface area contributed by atoms with Crippen LogP contribution < -0.4 is 5.32 Å². The molecule has 0 bridgehead atoms. The Morgan fingerprint density at radius 1 is 1.41 bits per heavy atom. The van der Waals surface area contributed by atoms with Gasteiger partial charge in [-0.15, -0.1) is 11.3 Å². The van der Waals surface area contributed by atoms with Crippen molar-refractivity contribution in [2.75, 3.05) is 0 Å². The number of amides is 1. The van der Waals surface area contributed by atoms with Crippen LogP contribution in [0.15, 0.2) is 0 Å². The summed E-state index contributed by atoms with van der Waals surface area (Å²) in [6.45, 7) is 3.53. The Kier molecular flexibility index (Phi) is 5.94. The Balaban J connectivity index is 1.77. The van der Waals surface area contributed by atoms with Crippen LogP contribution in [0, 0.1) is 12.8 Å². The number of thiazole rings is 1. The molecule has 1 unspecified atom stereocenters. The summed E-state index contributed by atoms with van der Waals surface area (Å²) in [6.07, 6.45) is 7.91. The highest BCUT2D eigenvalue weighted by Crippen LogP contribution is 2.29. The molecule has 0 aromatic carbocycles. The maximum Gasteiger partial charge on any atom is 0.347 e. The first-order valence-corrected chi connectivity index (χ1v) is 8.79. The largest absolute Gasteiger partial charge is 0.477 e. The number of hydrogen-bond acceptors (Lipinski definition) is 4. The van der Waals surface area contributed by atoms with Gasteiger partial charge in [0.2, 0.25) is 5.91 Å². The summed E-state index contributed by atoms with van der Waals surface area (Å²) in [5, 5.41) is 12.6. The lowest BCUT2D eigenvalue weighted by atomic mass is 10.0. The van der Waals surface area contributed by atoms with Gasteiger partial charge in [-0.3, -0.25) is 4.79 Å². The summed E-state index contributed by atoms with van der Waals surface area (Å²) >= 11 is 1.14. The molecule has 122 valence electrons. The van der Waals surface area contributed by atoms with Crippen LogP contribution in [0.1, 0.15) is 78.3 Å². The first-order valence-electron chi connectivity index (χ1n) is 7.97. The minimum Gasteiger partial charge on any atom is -0.477 e. The van der Waals surface area contributed by atoms with Crippen molar-refractivity contribution < 1.29 is 14.7 Å². The van der Waals surface area contributed by atoms with E-state index in [9.17, 15) is 9.59 Å². The van der Waals surface area contributed by atoms with E-state index in [1.54, 1.807) is 6.92 Å². The van der Waals surface area contributed by atoms with Gasteiger partial charge < -0.3 is 10.4 Å². The highest BCUT2D eigenvalue weighted by atomic mass is 32.1. The van der Waals surface area contributed by atoms with Crippen LogP contribution in [-0.2, 0) is 4.79 Å². The molecule has 1 heterocycles. The number of hydrogen-bond donors (Lipinski definition) is 2. The number of carboxylic acid groups (broad SMARTS) is 1. The van der Waals surface area contributed by atoms with E-state index < -0.39 is 5.97 Å². The molecule has 1 aromatic heterocycles. The molecule has 1 aliphatic carbocycles. The topological polar surface area (TPSA) is 79.3 Å². The molecule has 0 aliphatic heterocycles. The summed E-state index contributed by atoms with van der Waals surface area (Å²) in [6, 6.07) is -0.240. The highest BCUT2D eigenvalue weighted by molar-refractivity contribution is 7.13. The lowest BCUT2D eigenvalue weighted by Gasteiger charge is -2.12. The Morgan fingerprint density at radius 2 is 2.09 bits per heavy atom. The fourth-order valence-corrected chi connectivity index (χ4v) is 3.93. The zero-order chi connectivity index (χ0) is 16.1. The number of carbonyl (C=O) groups is 2. The molecule has 22 heavy (non-hydrogen) atoms. The second-order valence-corrected chi connectivity index (χ2v) is 7.13. The first kappa shape index (κ1) is 16.9. The molecular formula is C16H24N2O3S. The Morgan fingerprint density at radius 3 is 2.68 bits per heavy atom. The molecule has 1 fully saturated rings. The van der Waals surface area contributed by atoms with E-state index in [-0.39, 0.29) is 16.8 Å². The second kappa shape index (κ2) is 7.72. The number of nitrogens with zero attached hydrogens (tertiary/aromatic N) is 1. The molecule has 0 radical (unpaired) electrons. The summed E-state index contributed by atoms with van der Waals surface area (Å²) in [5.74, 6) is -0.128. The number of carbonyl (C=O) groups excluding carboxylic acids is 1. The second-order valence-electron chi connectivity index (χ2n) is 6.10. The van der Waals surface area contributed by atoms with Crippen molar-refractivity contribution in [3.05, 3.63) is 15.6 Å². The molecule has 1 saturated carbocycles. The van der Waals surface area contributed by atoms with Gasteiger partial charge in [0.15, 0.2) is 0 Å². The molecule has 5 nitrogen and oxygen atoms in total. The SMILES string of the molecule is Cc1nc(C(C)NC(=O)CCCC2CCCC2)sc1C(=O)O. The van der Waals surface area contributed by atoms with Gasteiger partial charge in [-0.1, -0.05) is 25.7 Å². The maximum absolute atomic E-state index is 12.0. The molecule has 6 heteroatoms. The van der Waals surface area contributed by atoms with Crippen molar-refractivity contribution in [2.24, 2.45) is 5.92 Å². The molecule has 2 N–H and O–H groups in total. The standard InChI is InChI=1S/C16H24N2O3S/c1-10-14(16(20)21)22-15(18-10)11(2)17-13(19)9-5-8-12-6-3-4-7-12/h11-12H,3-9H2,1-2H3,(H,17,19)(H,20,21). The Hall–Kier alpha value is -1.43. The third kappa shape index (κ3) is 4.53. The average molecular weight is 324 g/mol. The number of aromatic carboxylic acids is 1. The summed E-state index contributed by atoms with van der Waals surface area (Å²) in [7, 11) is 0.